The summed E-state index contributed by atoms with van der Waals surface area (Å²) in [6.07, 6.45) is 0. The molecule has 0 spiro atoms. The van der Waals surface area contributed by atoms with Gasteiger partial charge in [-0.15, -0.1) is 0 Å². The van der Waals surface area contributed by atoms with Crippen molar-refractivity contribution in [1.82, 2.24) is 20.3 Å². The molecule has 0 saturated heterocycles. The lowest BCUT2D eigenvalue weighted by Gasteiger charge is -2.08. The Hall–Kier alpha value is -2.70. The van der Waals surface area contributed by atoms with Gasteiger partial charge in [-0.3, -0.25) is 9.89 Å². The van der Waals surface area contributed by atoms with E-state index in [2.05, 4.69) is 25.7 Å². The fourth-order valence-electron chi connectivity index (χ4n) is 2.25. The van der Waals surface area contributed by atoms with Crippen molar-refractivity contribution in [3.05, 3.63) is 34.8 Å². The van der Waals surface area contributed by atoms with Gasteiger partial charge in [0.1, 0.15) is 0 Å². The first-order valence-electron chi connectivity index (χ1n) is 7.06. The Morgan fingerprint density at radius 2 is 2.09 bits per heavy atom. The molecule has 0 saturated carbocycles. The summed E-state index contributed by atoms with van der Waals surface area (Å²) in [6, 6.07) is 3.55. The zero-order valence-corrected chi connectivity index (χ0v) is 12.9. The first-order valence-corrected chi connectivity index (χ1v) is 7.06. The molecule has 0 aliphatic carbocycles. The minimum atomic E-state index is -0.257. The van der Waals surface area contributed by atoms with Gasteiger partial charge in [-0.25, -0.2) is 4.98 Å². The van der Waals surface area contributed by atoms with Gasteiger partial charge in [0.15, 0.2) is 5.82 Å². The fourth-order valence-corrected chi connectivity index (χ4v) is 2.25. The number of aryl methyl sites for hydroxylation is 2. The normalized spacial score (nSPS) is 11.3. The molecule has 0 unspecified atom stereocenters. The van der Waals surface area contributed by atoms with Crippen LogP contribution in [-0.2, 0) is 0 Å². The van der Waals surface area contributed by atoms with E-state index < -0.39 is 0 Å². The maximum atomic E-state index is 12.6. The van der Waals surface area contributed by atoms with Gasteiger partial charge >= 0.3 is 0 Å². The highest BCUT2D eigenvalue weighted by atomic mass is 16.5. The highest BCUT2D eigenvalue weighted by Crippen LogP contribution is 2.25. The molecule has 0 radical (unpaired) electrons. The molecule has 3 rings (SSSR count). The Morgan fingerprint density at radius 1 is 1.32 bits per heavy atom. The van der Waals surface area contributed by atoms with Crippen molar-refractivity contribution in [1.29, 1.82) is 0 Å². The topological polar surface area (TPSA) is 96.7 Å². The Bertz CT molecular complexity index is 847. The smallest absolute Gasteiger partial charge is 0.259 e. The number of rotatable bonds is 3. The fraction of sp³-hybridized carbons (Fsp3) is 0.333. The predicted molar refractivity (Wildman–Crippen MR) is 81.9 cm³/mol. The maximum Gasteiger partial charge on any atom is 0.259 e. The molecule has 0 aliphatic rings. The molecule has 114 valence electrons. The largest absolute Gasteiger partial charge is 0.336 e. The van der Waals surface area contributed by atoms with E-state index >= 15 is 0 Å². The summed E-state index contributed by atoms with van der Waals surface area (Å²) in [6.45, 7) is 7.68. The monoisotopic (exact) mass is 299 g/mol. The van der Waals surface area contributed by atoms with Crippen molar-refractivity contribution in [3.63, 3.8) is 0 Å². The number of carbonyl (C=O) groups is 1. The van der Waals surface area contributed by atoms with Crippen LogP contribution in [0.2, 0.25) is 0 Å². The highest BCUT2D eigenvalue weighted by Gasteiger charge is 2.20. The Morgan fingerprint density at radius 3 is 2.73 bits per heavy atom. The molecule has 1 amide bonds. The first-order chi connectivity index (χ1) is 10.5. The first kappa shape index (κ1) is 14.2. The Labute approximate surface area is 127 Å². The molecule has 3 aromatic rings. The van der Waals surface area contributed by atoms with Crippen LogP contribution in [0, 0.1) is 13.8 Å². The quantitative estimate of drug-likeness (QED) is 0.775. The number of carbonyl (C=O) groups excluding carboxylic acids is 1. The van der Waals surface area contributed by atoms with Crippen molar-refractivity contribution in [2.45, 2.75) is 33.6 Å². The summed E-state index contributed by atoms with van der Waals surface area (Å²) in [7, 11) is 0. The van der Waals surface area contributed by atoms with Crippen LogP contribution in [0.5, 0.6) is 0 Å². The summed E-state index contributed by atoms with van der Waals surface area (Å²) < 4.78 is 5.22. The average molecular weight is 299 g/mol. The van der Waals surface area contributed by atoms with Crippen LogP contribution in [0.1, 0.15) is 47.2 Å². The highest BCUT2D eigenvalue weighted by molar-refractivity contribution is 6.12. The molecule has 7 heteroatoms. The van der Waals surface area contributed by atoms with Crippen molar-refractivity contribution in [2.75, 3.05) is 5.32 Å². The molecule has 3 aromatic heterocycles. The molecule has 7 nitrogen and oxygen atoms in total. The van der Waals surface area contributed by atoms with Crippen LogP contribution in [0.15, 0.2) is 16.7 Å². The van der Waals surface area contributed by atoms with Crippen molar-refractivity contribution < 1.29 is 9.32 Å². The molecular formula is C15H17N5O2. The summed E-state index contributed by atoms with van der Waals surface area (Å²) in [5, 5.41) is 14.1. The van der Waals surface area contributed by atoms with E-state index in [-0.39, 0.29) is 11.8 Å². The van der Waals surface area contributed by atoms with Crippen LogP contribution < -0.4 is 5.32 Å². The number of aromatic amines is 1. The van der Waals surface area contributed by atoms with E-state index in [4.69, 9.17) is 4.52 Å². The molecule has 0 bridgehead atoms. The van der Waals surface area contributed by atoms with Crippen LogP contribution in [0.4, 0.5) is 5.82 Å². The van der Waals surface area contributed by atoms with E-state index in [1.807, 2.05) is 20.8 Å². The number of pyridine rings is 1. The number of aromatic nitrogens is 4. The third kappa shape index (κ3) is 2.45. The molecule has 2 N–H and O–H groups in total. The number of amides is 1. The van der Waals surface area contributed by atoms with Gasteiger partial charge in [0, 0.05) is 17.5 Å². The lowest BCUT2D eigenvalue weighted by Crippen LogP contribution is -2.14. The van der Waals surface area contributed by atoms with Crippen molar-refractivity contribution >= 4 is 22.8 Å². The number of nitrogens with zero attached hydrogens (tertiary/aromatic N) is 3. The van der Waals surface area contributed by atoms with Gasteiger partial charge in [0.25, 0.3) is 11.6 Å². The van der Waals surface area contributed by atoms with Crippen LogP contribution >= 0.6 is 0 Å². The number of anilines is 1. The summed E-state index contributed by atoms with van der Waals surface area (Å²) in [5.41, 5.74) is 3.17. The Kier molecular flexibility index (Phi) is 3.40. The Balaban J connectivity index is 2.07. The second-order valence-corrected chi connectivity index (χ2v) is 5.59. The maximum absolute atomic E-state index is 12.6. The van der Waals surface area contributed by atoms with E-state index in [0.717, 1.165) is 11.4 Å². The number of hydrogen-bond donors (Lipinski definition) is 2. The predicted octanol–water partition coefficient (Wildman–Crippen LogP) is 2.94. The molecule has 3 heterocycles. The number of H-pyrrole nitrogens is 1. The standard InChI is InChI=1S/C15H17N5O2/c1-7(2)11-6-10(13-9(4)20-22-15(13)16-11)14(21)17-12-5-8(3)18-19-12/h5-7H,1-4H3,(H2,17,18,19,21). The van der Waals surface area contributed by atoms with Gasteiger partial charge < -0.3 is 9.84 Å². The van der Waals surface area contributed by atoms with Gasteiger partial charge in [0.2, 0.25) is 0 Å². The van der Waals surface area contributed by atoms with Crippen LogP contribution in [0.3, 0.4) is 0 Å². The second kappa shape index (κ2) is 5.25. The van der Waals surface area contributed by atoms with E-state index in [0.29, 0.717) is 28.2 Å². The third-order valence-electron chi connectivity index (χ3n) is 3.42. The number of fused-ring (bicyclic) bond motifs is 1. The number of hydrogen-bond acceptors (Lipinski definition) is 5. The molecule has 0 aliphatic heterocycles. The van der Waals surface area contributed by atoms with Crippen LogP contribution in [0.25, 0.3) is 11.1 Å². The second-order valence-electron chi connectivity index (χ2n) is 5.59. The summed E-state index contributed by atoms with van der Waals surface area (Å²) >= 11 is 0. The zero-order chi connectivity index (χ0) is 15.9. The van der Waals surface area contributed by atoms with Gasteiger partial charge in [-0.05, 0) is 25.8 Å². The summed E-state index contributed by atoms with van der Waals surface area (Å²) in [4.78, 5) is 17.0. The van der Waals surface area contributed by atoms with E-state index in [1.165, 1.54) is 0 Å². The van der Waals surface area contributed by atoms with Gasteiger partial charge in [-0.1, -0.05) is 19.0 Å². The molecule has 22 heavy (non-hydrogen) atoms. The van der Waals surface area contributed by atoms with E-state index in [1.54, 1.807) is 19.1 Å². The van der Waals surface area contributed by atoms with Crippen LogP contribution in [-0.4, -0.2) is 26.2 Å². The van der Waals surface area contributed by atoms with Crippen molar-refractivity contribution in [3.8, 4) is 0 Å². The SMILES string of the molecule is Cc1cc(NC(=O)c2cc(C(C)C)nc3onc(C)c23)n[nH]1. The zero-order valence-electron chi connectivity index (χ0n) is 12.9. The lowest BCUT2D eigenvalue weighted by atomic mass is 10.0. The van der Waals surface area contributed by atoms with Gasteiger partial charge in [0.05, 0.1) is 16.6 Å². The minimum Gasteiger partial charge on any atom is -0.336 e. The van der Waals surface area contributed by atoms with Gasteiger partial charge in [-0.2, -0.15) is 5.10 Å². The summed E-state index contributed by atoms with van der Waals surface area (Å²) in [5.74, 6) is 0.397. The molecular weight excluding hydrogens is 282 g/mol. The number of nitrogens with one attached hydrogen (secondary N) is 2. The van der Waals surface area contributed by atoms with Crippen molar-refractivity contribution in [2.24, 2.45) is 0 Å². The molecule has 0 aromatic carbocycles. The van der Waals surface area contributed by atoms with E-state index in [9.17, 15) is 4.79 Å². The molecule has 0 fully saturated rings. The minimum absolute atomic E-state index is 0.175. The average Bonchev–Trinajstić information content (AvgIpc) is 3.04. The molecule has 0 atom stereocenters. The third-order valence-corrected chi connectivity index (χ3v) is 3.42. The lowest BCUT2D eigenvalue weighted by molar-refractivity contribution is 0.102.